The van der Waals surface area contributed by atoms with Crippen LogP contribution < -0.4 is 15.4 Å². The Hall–Kier alpha value is -3.48. The minimum absolute atomic E-state index is 0.250. The smallest absolute Gasteiger partial charge is 0.272 e. The predicted molar refractivity (Wildman–Crippen MR) is 93.7 cm³/mol. The van der Waals surface area contributed by atoms with E-state index < -0.39 is 0 Å². The average molecular weight is 335 g/mol. The lowest BCUT2D eigenvalue weighted by Crippen LogP contribution is -2.24. The van der Waals surface area contributed by atoms with Crippen LogP contribution in [-0.2, 0) is 6.54 Å². The first-order valence-electron chi connectivity index (χ1n) is 7.67. The Labute approximate surface area is 145 Å². The van der Waals surface area contributed by atoms with E-state index in [0.717, 1.165) is 11.3 Å². The fourth-order valence-electron chi connectivity index (χ4n) is 2.18. The molecular weight excluding hydrogens is 318 g/mol. The summed E-state index contributed by atoms with van der Waals surface area (Å²) in [5, 5.41) is 13.9. The summed E-state index contributed by atoms with van der Waals surface area (Å²) < 4.78 is 5.27. The molecule has 2 heterocycles. The Kier molecular flexibility index (Phi) is 5.16. The van der Waals surface area contributed by atoms with Gasteiger partial charge in [0.25, 0.3) is 5.91 Å². The van der Waals surface area contributed by atoms with Crippen molar-refractivity contribution in [2.45, 2.75) is 6.54 Å². The topological polar surface area (TPSA) is 89.0 Å². The third-order valence-corrected chi connectivity index (χ3v) is 3.47. The maximum atomic E-state index is 12.1. The van der Waals surface area contributed by atoms with E-state index in [1.807, 2.05) is 36.4 Å². The van der Waals surface area contributed by atoms with Crippen LogP contribution in [0.25, 0.3) is 0 Å². The van der Waals surface area contributed by atoms with Gasteiger partial charge in [0.2, 0.25) is 0 Å². The van der Waals surface area contributed by atoms with Crippen molar-refractivity contribution in [1.29, 1.82) is 0 Å². The normalized spacial score (nSPS) is 10.1. The summed E-state index contributed by atoms with van der Waals surface area (Å²) in [7, 11) is 1.60. The van der Waals surface area contributed by atoms with Gasteiger partial charge in [0.05, 0.1) is 12.8 Å². The van der Waals surface area contributed by atoms with Gasteiger partial charge in [-0.2, -0.15) is 0 Å². The molecule has 7 nitrogen and oxygen atoms in total. The van der Waals surface area contributed by atoms with Gasteiger partial charge in [0.15, 0.2) is 11.5 Å². The zero-order chi connectivity index (χ0) is 17.5. The van der Waals surface area contributed by atoms with Crippen molar-refractivity contribution in [2.24, 2.45) is 0 Å². The van der Waals surface area contributed by atoms with E-state index in [1.165, 1.54) is 0 Å². The third kappa shape index (κ3) is 4.29. The van der Waals surface area contributed by atoms with Gasteiger partial charge < -0.3 is 15.4 Å². The minimum atomic E-state index is -0.284. The number of nitrogens with one attached hydrogen (secondary N) is 2. The maximum absolute atomic E-state index is 12.1. The largest absolute Gasteiger partial charge is 0.495 e. The van der Waals surface area contributed by atoms with Gasteiger partial charge in [0.1, 0.15) is 5.75 Å². The van der Waals surface area contributed by atoms with Crippen molar-refractivity contribution >= 4 is 17.4 Å². The number of rotatable bonds is 6. The molecule has 1 aromatic carbocycles. The van der Waals surface area contributed by atoms with E-state index in [2.05, 4.69) is 25.8 Å². The Bertz CT molecular complexity index is 838. The van der Waals surface area contributed by atoms with Gasteiger partial charge >= 0.3 is 0 Å². The number of carbonyl (C=O) groups excluding carboxylic acids is 1. The SMILES string of the molecule is COc1ccccc1Nc1ccc(C(=O)NCc2ccncc2)nn1. The first kappa shape index (κ1) is 16.4. The summed E-state index contributed by atoms with van der Waals surface area (Å²) in [4.78, 5) is 16.1. The van der Waals surface area contributed by atoms with E-state index >= 15 is 0 Å². The van der Waals surface area contributed by atoms with E-state index in [4.69, 9.17) is 4.74 Å². The molecule has 0 atom stereocenters. The van der Waals surface area contributed by atoms with Crippen LogP contribution in [0.2, 0.25) is 0 Å². The summed E-state index contributed by atoms with van der Waals surface area (Å²) in [5.41, 5.74) is 1.99. The molecule has 7 heteroatoms. The van der Waals surface area contributed by atoms with Crippen molar-refractivity contribution in [3.05, 3.63) is 72.2 Å². The Morgan fingerprint density at radius 3 is 2.56 bits per heavy atom. The summed E-state index contributed by atoms with van der Waals surface area (Å²) in [6.07, 6.45) is 3.36. The van der Waals surface area contributed by atoms with Crippen molar-refractivity contribution in [3.63, 3.8) is 0 Å². The standard InChI is InChI=1S/C18H17N5O2/c1-25-16-5-3-2-4-14(16)21-17-7-6-15(22-23-17)18(24)20-12-13-8-10-19-11-9-13/h2-11H,12H2,1H3,(H,20,24)(H,21,23). The number of nitrogens with zero attached hydrogens (tertiary/aromatic N) is 3. The highest BCUT2D eigenvalue weighted by molar-refractivity contribution is 5.92. The molecule has 0 fully saturated rings. The average Bonchev–Trinajstić information content (AvgIpc) is 2.68. The van der Waals surface area contributed by atoms with Crippen LogP contribution in [0.5, 0.6) is 5.75 Å². The molecule has 0 saturated heterocycles. The van der Waals surface area contributed by atoms with Crippen LogP contribution in [0.4, 0.5) is 11.5 Å². The number of pyridine rings is 1. The molecule has 2 N–H and O–H groups in total. The molecule has 126 valence electrons. The van der Waals surface area contributed by atoms with Gasteiger partial charge in [0, 0.05) is 18.9 Å². The van der Waals surface area contributed by atoms with Crippen LogP contribution in [-0.4, -0.2) is 28.2 Å². The Morgan fingerprint density at radius 2 is 1.84 bits per heavy atom. The van der Waals surface area contributed by atoms with Crippen LogP contribution in [0.1, 0.15) is 16.1 Å². The molecule has 0 radical (unpaired) electrons. The summed E-state index contributed by atoms with van der Waals surface area (Å²) in [6.45, 7) is 0.407. The van der Waals surface area contributed by atoms with Gasteiger partial charge in [-0.15, -0.1) is 10.2 Å². The molecule has 0 aliphatic heterocycles. The number of carbonyl (C=O) groups is 1. The molecule has 3 rings (SSSR count). The van der Waals surface area contributed by atoms with Gasteiger partial charge in [-0.3, -0.25) is 9.78 Å². The van der Waals surface area contributed by atoms with Crippen molar-refractivity contribution < 1.29 is 9.53 Å². The second-order valence-corrected chi connectivity index (χ2v) is 5.17. The Balaban J connectivity index is 1.62. The number of methoxy groups -OCH3 is 1. The fraction of sp³-hybridized carbons (Fsp3) is 0.111. The highest BCUT2D eigenvalue weighted by Crippen LogP contribution is 2.25. The van der Waals surface area contributed by atoms with Crippen LogP contribution in [0.15, 0.2) is 60.9 Å². The number of hydrogen-bond acceptors (Lipinski definition) is 6. The van der Waals surface area contributed by atoms with Crippen LogP contribution in [0.3, 0.4) is 0 Å². The zero-order valence-corrected chi connectivity index (χ0v) is 13.6. The number of amides is 1. The van der Waals surface area contributed by atoms with Crippen LogP contribution >= 0.6 is 0 Å². The maximum Gasteiger partial charge on any atom is 0.272 e. The van der Waals surface area contributed by atoms with Crippen molar-refractivity contribution in [3.8, 4) is 5.75 Å². The van der Waals surface area contributed by atoms with Gasteiger partial charge in [-0.05, 0) is 42.0 Å². The van der Waals surface area contributed by atoms with Gasteiger partial charge in [-0.25, -0.2) is 0 Å². The molecule has 0 aliphatic rings. The summed E-state index contributed by atoms with van der Waals surface area (Å²) in [5.74, 6) is 0.937. The summed E-state index contributed by atoms with van der Waals surface area (Å²) >= 11 is 0. The molecular formula is C18H17N5O2. The van der Waals surface area contributed by atoms with Gasteiger partial charge in [-0.1, -0.05) is 12.1 Å². The third-order valence-electron chi connectivity index (χ3n) is 3.47. The lowest BCUT2D eigenvalue weighted by molar-refractivity contribution is 0.0945. The number of aromatic nitrogens is 3. The highest BCUT2D eigenvalue weighted by atomic mass is 16.5. The Morgan fingerprint density at radius 1 is 1.04 bits per heavy atom. The number of ether oxygens (including phenoxy) is 1. The number of para-hydroxylation sites is 2. The lowest BCUT2D eigenvalue weighted by atomic mass is 10.2. The van der Waals surface area contributed by atoms with E-state index in [-0.39, 0.29) is 11.6 Å². The molecule has 3 aromatic rings. The number of benzene rings is 1. The van der Waals surface area contributed by atoms with E-state index in [9.17, 15) is 4.79 Å². The molecule has 2 aromatic heterocycles. The van der Waals surface area contributed by atoms with Crippen LogP contribution in [0, 0.1) is 0 Å². The minimum Gasteiger partial charge on any atom is -0.495 e. The first-order valence-corrected chi connectivity index (χ1v) is 7.67. The summed E-state index contributed by atoms with van der Waals surface area (Å²) in [6, 6.07) is 14.5. The molecule has 0 spiro atoms. The van der Waals surface area contributed by atoms with E-state index in [0.29, 0.717) is 18.1 Å². The fourth-order valence-corrected chi connectivity index (χ4v) is 2.18. The highest BCUT2D eigenvalue weighted by Gasteiger charge is 2.09. The van der Waals surface area contributed by atoms with Crippen molar-refractivity contribution in [2.75, 3.05) is 12.4 Å². The monoisotopic (exact) mass is 335 g/mol. The molecule has 0 unspecified atom stereocenters. The van der Waals surface area contributed by atoms with E-state index in [1.54, 1.807) is 31.6 Å². The number of hydrogen-bond donors (Lipinski definition) is 2. The molecule has 0 aliphatic carbocycles. The quantitative estimate of drug-likeness (QED) is 0.720. The van der Waals surface area contributed by atoms with Crippen molar-refractivity contribution in [1.82, 2.24) is 20.5 Å². The number of anilines is 2. The first-order chi connectivity index (χ1) is 12.3. The molecule has 1 amide bonds. The zero-order valence-electron chi connectivity index (χ0n) is 13.6. The molecule has 25 heavy (non-hydrogen) atoms. The lowest BCUT2D eigenvalue weighted by Gasteiger charge is -2.10. The second kappa shape index (κ2) is 7.87. The second-order valence-electron chi connectivity index (χ2n) is 5.17. The molecule has 0 saturated carbocycles. The predicted octanol–water partition coefficient (Wildman–Crippen LogP) is 2.55. The molecule has 0 bridgehead atoms.